The van der Waals surface area contributed by atoms with E-state index >= 15 is 0 Å². The van der Waals surface area contributed by atoms with Crippen molar-refractivity contribution in [3.8, 4) is 0 Å². The number of carbonyl (C=O) groups is 1. The minimum Gasteiger partial charge on any atom is -0.281 e. The van der Waals surface area contributed by atoms with E-state index in [1.54, 1.807) is 0 Å². The normalized spacial score (nSPS) is 55.0. The van der Waals surface area contributed by atoms with Crippen LogP contribution in [0.2, 0.25) is 0 Å². The Labute approximate surface area is 90.2 Å². The third kappa shape index (κ3) is 1.11. The zero-order chi connectivity index (χ0) is 9.97. The van der Waals surface area contributed by atoms with Gasteiger partial charge in [0, 0.05) is 5.41 Å². The molecule has 0 aliphatic heterocycles. The van der Waals surface area contributed by atoms with Gasteiger partial charge in [-0.05, 0) is 67.4 Å². The standard InChI is InChI=1S/C12H17ClO/c1-11-3-8-2-9(4-11)6-12(5-8,7-11)10(13)14/h8-9H,2-7H2,1H3/t8-,9+,11?,12?. The summed E-state index contributed by atoms with van der Waals surface area (Å²) >= 11 is 5.82. The number of hydrogen-bond acceptors (Lipinski definition) is 1. The van der Waals surface area contributed by atoms with Gasteiger partial charge in [0.15, 0.2) is 0 Å². The number of halogens is 1. The minimum absolute atomic E-state index is 0.0437. The lowest BCUT2D eigenvalue weighted by Crippen LogP contribution is -2.53. The molecule has 2 unspecified atom stereocenters. The zero-order valence-electron chi connectivity index (χ0n) is 8.68. The molecule has 4 aliphatic carbocycles. The molecular formula is C12H17ClO. The van der Waals surface area contributed by atoms with Gasteiger partial charge in [0.05, 0.1) is 0 Å². The van der Waals surface area contributed by atoms with Gasteiger partial charge in [-0.2, -0.15) is 0 Å². The predicted octanol–water partition coefficient (Wildman–Crippen LogP) is 3.36. The molecule has 0 aromatic rings. The number of hydrogen-bond donors (Lipinski definition) is 0. The van der Waals surface area contributed by atoms with Crippen molar-refractivity contribution < 1.29 is 4.79 Å². The van der Waals surface area contributed by atoms with Crippen LogP contribution in [0.4, 0.5) is 0 Å². The molecule has 0 heterocycles. The first-order valence-corrected chi connectivity index (χ1v) is 6.09. The highest BCUT2D eigenvalue weighted by atomic mass is 35.5. The molecule has 4 saturated carbocycles. The van der Waals surface area contributed by atoms with Gasteiger partial charge in [0.1, 0.15) is 0 Å². The molecule has 4 bridgehead atoms. The minimum atomic E-state index is -0.111. The predicted molar refractivity (Wildman–Crippen MR) is 56.1 cm³/mol. The lowest BCUT2D eigenvalue weighted by atomic mass is 9.45. The van der Waals surface area contributed by atoms with Gasteiger partial charge >= 0.3 is 0 Å². The van der Waals surface area contributed by atoms with E-state index in [-0.39, 0.29) is 10.7 Å². The van der Waals surface area contributed by atoms with E-state index in [0.717, 1.165) is 31.1 Å². The van der Waals surface area contributed by atoms with E-state index < -0.39 is 0 Å². The molecule has 1 nitrogen and oxygen atoms in total. The van der Waals surface area contributed by atoms with Crippen LogP contribution in [0.1, 0.15) is 45.4 Å². The summed E-state index contributed by atoms with van der Waals surface area (Å²) in [5.74, 6) is 1.59. The van der Waals surface area contributed by atoms with Crippen molar-refractivity contribution in [1.29, 1.82) is 0 Å². The number of rotatable bonds is 1. The molecule has 2 heteroatoms. The second-order valence-corrected chi connectivity index (χ2v) is 6.67. The SMILES string of the molecule is CC12C[C@H]3C[C@@H](C1)CC(C(=O)Cl)(C3)C2. The van der Waals surface area contributed by atoms with Crippen molar-refractivity contribution in [2.24, 2.45) is 22.7 Å². The zero-order valence-corrected chi connectivity index (χ0v) is 9.44. The van der Waals surface area contributed by atoms with Crippen LogP contribution in [0, 0.1) is 22.7 Å². The largest absolute Gasteiger partial charge is 0.281 e. The van der Waals surface area contributed by atoms with E-state index in [0.29, 0.717) is 5.41 Å². The van der Waals surface area contributed by atoms with Crippen molar-refractivity contribution in [3.05, 3.63) is 0 Å². The molecule has 0 aromatic carbocycles. The summed E-state index contributed by atoms with van der Waals surface area (Å²) in [6.45, 7) is 2.36. The molecule has 4 rings (SSSR count). The Hall–Kier alpha value is -0.0400. The second-order valence-electron chi connectivity index (χ2n) is 6.33. The Morgan fingerprint density at radius 3 is 2.21 bits per heavy atom. The van der Waals surface area contributed by atoms with E-state index in [1.807, 2.05) is 0 Å². The maximum absolute atomic E-state index is 11.6. The Kier molecular flexibility index (Phi) is 1.68. The van der Waals surface area contributed by atoms with Crippen LogP contribution < -0.4 is 0 Å². The quantitative estimate of drug-likeness (QED) is 0.610. The summed E-state index contributed by atoms with van der Waals surface area (Å²) in [5.41, 5.74) is 0.328. The average Bonchev–Trinajstić information content (AvgIpc) is 1.98. The van der Waals surface area contributed by atoms with Crippen LogP contribution in [0.25, 0.3) is 0 Å². The molecule has 0 aromatic heterocycles. The van der Waals surface area contributed by atoms with Crippen LogP contribution >= 0.6 is 11.6 Å². The fourth-order valence-electron chi connectivity index (χ4n) is 4.95. The highest BCUT2D eigenvalue weighted by Gasteiger charge is 2.58. The molecule has 4 atom stereocenters. The summed E-state index contributed by atoms with van der Waals surface area (Å²) in [6.07, 6.45) is 7.28. The molecule has 0 N–H and O–H groups in total. The van der Waals surface area contributed by atoms with E-state index in [2.05, 4.69) is 6.92 Å². The second kappa shape index (κ2) is 2.55. The highest BCUT2D eigenvalue weighted by Crippen LogP contribution is 2.65. The molecular weight excluding hydrogens is 196 g/mol. The fraction of sp³-hybridized carbons (Fsp3) is 0.917. The van der Waals surface area contributed by atoms with Crippen molar-refractivity contribution in [2.45, 2.75) is 45.4 Å². The van der Waals surface area contributed by atoms with Crippen LogP contribution in [-0.4, -0.2) is 5.24 Å². The third-order valence-corrected chi connectivity index (χ3v) is 5.17. The van der Waals surface area contributed by atoms with Crippen molar-refractivity contribution in [1.82, 2.24) is 0 Å². The molecule has 14 heavy (non-hydrogen) atoms. The summed E-state index contributed by atoms with van der Waals surface area (Å²) in [7, 11) is 0. The lowest BCUT2D eigenvalue weighted by Gasteiger charge is -2.59. The summed E-state index contributed by atoms with van der Waals surface area (Å²) in [4.78, 5) is 11.6. The lowest BCUT2D eigenvalue weighted by molar-refractivity contribution is -0.144. The van der Waals surface area contributed by atoms with Crippen molar-refractivity contribution in [3.63, 3.8) is 0 Å². The molecule has 4 fully saturated rings. The monoisotopic (exact) mass is 212 g/mol. The molecule has 0 saturated heterocycles. The van der Waals surface area contributed by atoms with E-state index in [4.69, 9.17) is 11.6 Å². The Bertz CT molecular complexity index is 283. The average molecular weight is 213 g/mol. The van der Waals surface area contributed by atoms with Crippen LogP contribution in [-0.2, 0) is 4.79 Å². The summed E-state index contributed by atoms with van der Waals surface area (Å²) in [6, 6.07) is 0. The highest BCUT2D eigenvalue weighted by molar-refractivity contribution is 6.64. The maximum atomic E-state index is 11.6. The molecule has 0 radical (unpaired) electrons. The van der Waals surface area contributed by atoms with Crippen molar-refractivity contribution in [2.75, 3.05) is 0 Å². The molecule has 4 aliphatic rings. The molecule has 0 amide bonds. The van der Waals surface area contributed by atoms with E-state index in [1.165, 1.54) is 19.3 Å². The van der Waals surface area contributed by atoms with Gasteiger partial charge in [-0.3, -0.25) is 4.79 Å². The summed E-state index contributed by atoms with van der Waals surface area (Å²) in [5, 5.41) is -0.0437. The van der Waals surface area contributed by atoms with Crippen LogP contribution in [0.3, 0.4) is 0 Å². The first kappa shape index (κ1) is 9.21. The Morgan fingerprint density at radius 1 is 1.21 bits per heavy atom. The van der Waals surface area contributed by atoms with Gasteiger partial charge in [0.2, 0.25) is 5.24 Å². The molecule has 0 spiro atoms. The van der Waals surface area contributed by atoms with Gasteiger partial charge in [0.25, 0.3) is 0 Å². The molecule has 78 valence electrons. The third-order valence-electron chi connectivity index (χ3n) is 4.77. The van der Waals surface area contributed by atoms with Crippen molar-refractivity contribution >= 4 is 16.8 Å². The first-order chi connectivity index (χ1) is 6.51. The Morgan fingerprint density at radius 2 is 1.79 bits per heavy atom. The maximum Gasteiger partial charge on any atom is 0.227 e. The van der Waals surface area contributed by atoms with Crippen LogP contribution in [0.15, 0.2) is 0 Å². The Balaban J connectivity index is 2.00. The fourth-order valence-corrected chi connectivity index (χ4v) is 5.17. The van der Waals surface area contributed by atoms with Gasteiger partial charge in [-0.25, -0.2) is 0 Å². The smallest absolute Gasteiger partial charge is 0.227 e. The van der Waals surface area contributed by atoms with E-state index in [9.17, 15) is 4.79 Å². The first-order valence-electron chi connectivity index (χ1n) is 5.71. The topological polar surface area (TPSA) is 17.1 Å². The van der Waals surface area contributed by atoms with Gasteiger partial charge in [-0.1, -0.05) is 6.92 Å². The number of carbonyl (C=O) groups excluding carboxylic acids is 1. The van der Waals surface area contributed by atoms with Gasteiger partial charge < -0.3 is 0 Å². The van der Waals surface area contributed by atoms with Gasteiger partial charge in [-0.15, -0.1) is 0 Å². The van der Waals surface area contributed by atoms with Crippen LogP contribution in [0.5, 0.6) is 0 Å². The summed E-state index contributed by atoms with van der Waals surface area (Å²) < 4.78 is 0.